The molecule has 0 atom stereocenters. The number of nitrogens with zero attached hydrogens (tertiary/aromatic N) is 2. The quantitative estimate of drug-likeness (QED) is 0.601. The van der Waals surface area contributed by atoms with Crippen LogP contribution in [0.2, 0.25) is 0 Å². The van der Waals surface area contributed by atoms with E-state index in [0.717, 1.165) is 31.7 Å². The SMILES string of the molecule is CC(C)(C)Nc1ncc(N)c(NC2CCNCC2)n1.CC(C)(C)OC=O. The van der Waals surface area contributed by atoms with E-state index < -0.39 is 0 Å². The Hall–Kier alpha value is -2.09. The summed E-state index contributed by atoms with van der Waals surface area (Å²) in [5.41, 5.74) is 6.15. The Balaban J connectivity index is 0.000000412. The summed E-state index contributed by atoms with van der Waals surface area (Å²) in [6.07, 6.45) is 3.83. The van der Waals surface area contributed by atoms with E-state index in [2.05, 4.69) is 51.4 Å². The van der Waals surface area contributed by atoms with Gasteiger partial charge in [0.1, 0.15) is 5.60 Å². The monoisotopic (exact) mass is 366 g/mol. The molecule has 0 unspecified atom stereocenters. The molecule has 8 nitrogen and oxygen atoms in total. The predicted molar refractivity (Wildman–Crippen MR) is 106 cm³/mol. The van der Waals surface area contributed by atoms with Crippen LogP contribution < -0.4 is 21.7 Å². The normalized spacial score (nSPS) is 15.5. The van der Waals surface area contributed by atoms with Crippen molar-refractivity contribution in [3.05, 3.63) is 6.20 Å². The van der Waals surface area contributed by atoms with E-state index in [0.29, 0.717) is 24.1 Å². The highest BCUT2D eigenvalue weighted by Crippen LogP contribution is 2.20. The number of nitrogen functional groups attached to an aromatic ring is 1. The van der Waals surface area contributed by atoms with E-state index in [1.54, 1.807) is 6.20 Å². The average molecular weight is 367 g/mol. The van der Waals surface area contributed by atoms with Crippen molar-refractivity contribution in [1.82, 2.24) is 15.3 Å². The van der Waals surface area contributed by atoms with Gasteiger partial charge in [-0.05, 0) is 67.5 Å². The van der Waals surface area contributed by atoms with Crippen LogP contribution in [0.15, 0.2) is 6.20 Å². The summed E-state index contributed by atoms with van der Waals surface area (Å²) >= 11 is 0. The third kappa shape index (κ3) is 9.41. The lowest BCUT2D eigenvalue weighted by molar-refractivity contribution is -0.138. The van der Waals surface area contributed by atoms with Crippen molar-refractivity contribution in [3.63, 3.8) is 0 Å². The van der Waals surface area contributed by atoms with Crippen LogP contribution in [-0.2, 0) is 9.53 Å². The summed E-state index contributed by atoms with van der Waals surface area (Å²) in [4.78, 5) is 18.3. The first-order valence-electron chi connectivity index (χ1n) is 8.99. The Labute approximate surface area is 156 Å². The molecule has 1 aromatic rings. The summed E-state index contributed by atoms with van der Waals surface area (Å²) in [6, 6.07) is 0.431. The molecule has 2 heterocycles. The number of carbonyl (C=O) groups is 1. The molecule has 0 aliphatic carbocycles. The zero-order valence-corrected chi connectivity index (χ0v) is 16.8. The number of hydrogen-bond acceptors (Lipinski definition) is 8. The summed E-state index contributed by atoms with van der Waals surface area (Å²) < 4.78 is 4.55. The Kier molecular flexibility index (Phi) is 8.08. The maximum absolute atomic E-state index is 9.60. The molecule has 1 fully saturated rings. The number of ether oxygens (including phenoxy) is 1. The predicted octanol–water partition coefficient (Wildman–Crippen LogP) is 2.39. The van der Waals surface area contributed by atoms with E-state index >= 15 is 0 Å². The number of hydrogen-bond donors (Lipinski definition) is 4. The summed E-state index contributed by atoms with van der Waals surface area (Å²) in [7, 11) is 0. The standard InChI is InChI=1S/C13H24N6.C5H10O2/c1-13(2,3)19-12-16-8-10(14)11(18-12)17-9-4-6-15-7-5-9;1-5(2,3)7-4-6/h8-9,15H,4-7,14H2,1-3H3,(H2,16,17,18,19);4H,1-3H3. The van der Waals surface area contributed by atoms with E-state index in [4.69, 9.17) is 5.73 Å². The Morgan fingerprint density at radius 2 is 1.85 bits per heavy atom. The number of carbonyl (C=O) groups excluding carboxylic acids is 1. The van der Waals surface area contributed by atoms with Crippen LogP contribution in [0, 0.1) is 0 Å². The molecule has 0 saturated carbocycles. The highest BCUT2D eigenvalue weighted by Gasteiger charge is 2.16. The fourth-order valence-electron chi connectivity index (χ4n) is 2.21. The maximum atomic E-state index is 9.60. The third-order valence-electron chi connectivity index (χ3n) is 3.39. The van der Waals surface area contributed by atoms with Crippen molar-refractivity contribution in [3.8, 4) is 0 Å². The van der Waals surface area contributed by atoms with Crippen LogP contribution in [0.5, 0.6) is 0 Å². The molecule has 0 spiro atoms. The van der Waals surface area contributed by atoms with Gasteiger partial charge in [0.25, 0.3) is 6.47 Å². The van der Waals surface area contributed by atoms with Crippen LogP contribution in [0.1, 0.15) is 54.4 Å². The molecule has 2 rings (SSSR count). The van der Waals surface area contributed by atoms with Crippen LogP contribution in [0.4, 0.5) is 17.5 Å². The fourth-order valence-corrected chi connectivity index (χ4v) is 2.21. The number of aromatic nitrogens is 2. The van der Waals surface area contributed by atoms with Gasteiger partial charge in [-0.1, -0.05) is 0 Å². The number of nitrogens with one attached hydrogen (secondary N) is 3. The molecule has 1 saturated heterocycles. The van der Waals surface area contributed by atoms with Crippen molar-refractivity contribution < 1.29 is 9.53 Å². The second kappa shape index (κ2) is 9.56. The Morgan fingerprint density at radius 1 is 1.23 bits per heavy atom. The smallest absolute Gasteiger partial charge is 0.293 e. The first-order chi connectivity index (χ1) is 12.0. The van der Waals surface area contributed by atoms with Crippen molar-refractivity contribution in [2.45, 2.75) is 71.6 Å². The highest BCUT2D eigenvalue weighted by molar-refractivity contribution is 5.62. The molecule has 26 heavy (non-hydrogen) atoms. The Morgan fingerprint density at radius 3 is 2.31 bits per heavy atom. The van der Waals surface area contributed by atoms with Crippen molar-refractivity contribution in [2.24, 2.45) is 0 Å². The van der Waals surface area contributed by atoms with Gasteiger partial charge in [-0.25, -0.2) is 4.98 Å². The second-order valence-electron chi connectivity index (χ2n) is 8.37. The molecular formula is C18H34N6O2. The van der Waals surface area contributed by atoms with Crippen LogP contribution >= 0.6 is 0 Å². The van der Waals surface area contributed by atoms with Gasteiger partial charge < -0.3 is 26.4 Å². The molecule has 148 valence electrons. The van der Waals surface area contributed by atoms with Crippen LogP contribution in [0.25, 0.3) is 0 Å². The largest absolute Gasteiger partial charge is 0.462 e. The van der Waals surface area contributed by atoms with Crippen molar-refractivity contribution in [1.29, 1.82) is 0 Å². The van der Waals surface area contributed by atoms with Gasteiger partial charge in [0.2, 0.25) is 5.95 Å². The summed E-state index contributed by atoms with van der Waals surface area (Å²) in [5, 5.41) is 10.0. The third-order valence-corrected chi connectivity index (χ3v) is 3.39. The molecule has 1 aliphatic rings. The van der Waals surface area contributed by atoms with E-state index in [9.17, 15) is 4.79 Å². The fraction of sp³-hybridized carbons (Fsp3) is 0.722. The minimum atomic E-state index is -0.318. The molecule has 1 aromatic heterocycles. The number of anilines is 3. The molecule has 0 radical (unpaired) electrons. The number of rotatable bonds is 4. The van der Waals surface area contributed by atoms with Gasteiger partial charge in [0.05, 0.1) is 11.9 Å². The Bertz CT molecular complexity index is 560. The second-order valence-corrected chi connectivity index (χ2v) is 8.37. The van der Waals surface area contributed by atoms with Crippen molar-refractivity contribution in [2.75, 3.05) is 29.5 Å². The lowest BCUT2D eigenvalue weighted by atomic mass is 10.1. The topological polar surface area (TPSA) is 114 Å². The number of nitrogens with two attached hydrogens (primary N) is 1. The molecule has 5 N–H and O–H groups in total. The van der Waals surface area contributed by atoms with E-state index in [1.807, 2.05) is 20.8 Å². The first kappa shape index (κ1) is 22.0. The molecule has 0 amide bonds. The lowest BCUT2D eigenvalue weighted by Crippen LogP contribution is -2.36. The van der Waals surface area contributed by atoms with E-state index in [1.165, 1.54) is 0 Å². The van der Waals surface area contributed by atoms with Gasteiger partial charge in [-0.15, -0.1) is 0 Å². The van der Waals surface area contributed by atoms with Gasteiger partial charge in [0, 0.05) is 11.6 Å². The minimum absolute atomic E-state index is 0.0673. The molecule has 8 heteroatoms. The molecular weight excluding hydrogens is 332 g/mol. The number of piperidine rings is 1. The summed E-state index contributed by atoms with van der Waals surface area (Å²) in [6.45, 7) is 14.2. The highest BCUT2D eigenvalue weighted by atomic mass is 16.5. The molecule has 0 aromatic carbocycles. The average Bonchev–Trinajstić information content (AvgIpc) is 2.50. The van der Waals surface area contributed by atoms with Gasteiger partial charge in [-0.3, -0.25) is 4.79 Å². The maximum Gasteiger partial charge on any atom is 0.293 e. The van der Waals surface area contributed by atoms with Gasteiger partial charge in [0.15, 0.2) is 5.82 Å². The summed E-state index contributed by atoms with van der Waals surface area (Å²) in [5.74, 6) is 1.34. The van der Waals surface area contributed by atoms with Gasteiger partial charge in [-0.2, -0.15) is 4.98 Å². The lowest BCUT2D eigenvalue weighted by Gasteiger charge is -2.25. The van der Waals surface area contributed by atoms with Crippen LogP contribution in [0.3, 0.4) is 0 Å². The zero-order chi connectivity index (χ0) is 19.8. The van der Waals surface area contributed by atoms with E-state index in [-0.39, 0.29) is 11.1 Å². The van der Waals surface area contributed by atoms with Crippen molar-refractivity contribution >= 4 is 23.9 Å². The van der Waals surface area contributed by atoms with Crippen LogP contribution in [-0.4, -0.2) is 46.7 Å². The molecule has 1 aliphatic heterocycles. The minimum Gasteiger partial charge on any atom is -0.462 e. The van der Waals surface area contributed by atoms with Gasteiger partial charge >= 0.3 is 0 Å². The first-order valence-corrected chi connectivity index (χ1v) is 8.99. The zero-order valence-electron chi connectivity index (χ0n) is 16.8. The molecule has 0 bridgehead atoms.